The van der Waals surface area contributed by atoms with Crippen LogP contribution in [-0.4, -0.2) is 99.7 Å². The third kappa shape index (κ3) is 13.0. The van der Waals surface area contributed by atoms with Gasteiger partial charge in [-0.15, -0.1) is 6.61 Å². The topological polar surface area (TPSA) is 127 Å². The van der Waals surface area contributed by atoms with Crippen LogP contribution < -0.4 is 63.3 Å². The number of likely N-dealkylation sites (N-methyl/N-ethyl adjacent to an activating group) is 1. The third-order valence-electron chi connectivity index (χ3n) is 8.90. The van der Waals surface area contributed by atoms with E-state index in [1.807, 2.05) is 53.6 Å². The number of hydrogen-bond acceptors (Lipinski definition) is 10. The Bertz CT molecular complexity index is 925. The van der Waals surface area contributed by atoms with Crippen LogP contribution in [0.3, 0.4) is 0 Å². The predicted molar refractivity (Wildman–Crippen MR) is 162 cm³/mol. The van der Waals surface area contributed by atoms with Crippen molar-refractivity contribution in [1.82, 2.24) is 4.90 Å². The van der Waals surface area contributed by atoms with Crippen molar-refractivity contribution >= 4 is 11.8 Å². The Morgan fingerprint density at radius 1 is 1.11 bits per heavy atom. The molecule has 2 aliphatic rings. The number of ketones is 1. The van der Waals surface area contributed by atoms with E-state index >= 15 is 0 Å². The average Bonchev–Trinajstić information content (AvgIpc) is 2.97. The van der Waals surface area contributed by atoms with Crippen LogP contribution in [0.2, 0.25) is 0 Å². The molecule has 0 saturated carbocycles. The fraction of sp³-hybridized carbons (Fsp3) is 0.818. The molecular weight excluding hydrogens is 640 g/mol. The van der Waals surface area contributed by atoms with Gasteiger partial charge in [0.15, 0.2) is 18.4 Å². The molecule has 4 unspecified atom stereocenters. The molecule has 2 heterocycles. The molecule has 1 saturated heterocycles. The maximum atomic E-state index is 13.3. The summed E-state index contributed by atoms with van der Waals surface area (Å²) >= 11 is 0. The van der Waals surface area contributed by atoms with E-state index in [-0.39, 0.29) is 106 Å². The molecule has 1 fully saturated rings. The largest absolute Gasteiger partial charge is 1.00 e. The minimum absolute atomic E-state index is 0. The van der Waals surface area contributed by atoms with Crippen LogP contribution in [-0.2, 0) is 33.3 Å². The second kappa shape index (κ2) is 21.2. The molecule has 0 radical (unpaired) electrons. The van der Waals surface area contributed by atoms with Gasteiger partial charge in [-0.2, -0.15) is 0 Å². The van der Waals surface area contributed by atoms with Gasteiger partial charge in [-0.05, 0) is 77.5 Å². The van der Waals surface area contributed by atoms with Crippen LogP contribution in [0.25, 0.3) is 0 Å². The molecule has 2 aliphatic heterocycles. The fourth-order valence-corrected chi connectivity index (χ4v) is 6.23. The number of cyclic esters (lactones) is 1. The van der Waals surface area contributed by atoms with Crippen LogP contribution in [0.5, 0.6) is 0 Å². The molecule has 0 aromatic rings. The average molecular weight is 696 g/mol. The summed E-state index contributed by atoms with van der Waals surface area (Å²) in [4.78, 5) is 28.3. The van der Waals surface area contributed by atoms with Gasteiger partial charge in [-0.25, -0.2) is 0 Å². The van der Waals surface area contributed by atoms with Crippen molar-refractivity contribution in [3.63, 3.8) is 0 Å². The Balaban J connectivity index is 0.00000968. The van der Waals surface area contributed by atoms with Gasteiger partial charge in [0.25, 0.3) is 0 Å². The first kappa shape index (κ1) is 42.2. The van der Waals surface area contributed by atoms with Crippen LogP contribution in [0.1, 0.15) is 73.1 Å². The molecule has 0 aliphatic carbocycles. The quantitative estimate of drug-likeness (QED) is 0.265. The van der Waals surface area contributed by atoms with Crippen molar-refractivity contribution in [1.29, 1.82) is 0 Å². The molecule has 248 valence electrons. The number of methoxy groups -OCH3 is 2. The normalized spacial score (nSPS) is 36.8. The number of esters is 1. The minimum atomic E-state index is -0.895. The van der Waals surface area contributed by atoms with Gasteiger partial charge >= 0.3 is 64.2 Å². The fourth-order valence-electron chi connectivity index (χ4n) is 6.23. The zero-order chi connectivity index (χ0) is 32.3. The summed E-state index contributed by atoms with van der Waals surface area (Å²) in [5.41, 5.74) is 0.765. The van der Waals surface area contributed by atoms with Crippen molar-refractivity contribution in [2.75, 3.05) is 34.9 Å². The maximum Gasteiger partial charge on any atom is 1.00 e. The van der Waals surface area contributed by atoms with Crippen molar-refractivity contribution in [2.45, 2.75) is 116 Å². The predicted octanol–water partition coefficient (Wildman–Crippen LogP) is 0.253. The first-order chi connectivity index (χ1) is 20.3. The molecule has 0 spiro atoms. The Hall–Kier alpha value is 0.145. The number of nitrogens with zero attached hydrogens (tertiary/aromatic N) is 1. The van der Waals surface area contributed by atoms with Crippen LogP contribution in [0, 0.1) is 23.7 Å². The summed E-state index contributed by atoms with van der Waals surface area (Å²) in [7, 11) is 6.99. The number of allylic oxidation sites excluding steroid dienone is 3. The Labute approximate surface area is 314 Å². The summed E-state index contributed by atoms with van der Waals surface area (Å²) < 4.78 is 29.8. The molecule has 0 bridgehead atoms. The summed E-state index contributed by atoms with van der Waals surface area (Å²) in [6.07, 6.45) is 4.19. The van der Waals surface area contributed by atoms with E-state index < -0.39 is 43.4 Å². The van der Waals surface area contributed by atoms with E-state index in [1.165, 1.54) is 0 Å². The van der Waals surface area contributed by atoms with Gasteiger partial charge in [0.05, 0.1) is 12.2 Å². The first-order valence-corrected chi connectivity index (χ1v) is 15.7. The van der Waals surface area contributed by atoms with Crippen LogP contribution >= 0.6 is 0 Å². The Morgan fingerprint density at radius 3 is 2.34 bits per heavy atom. The minimum Gasteiger partial charge on any atom is -0.854 e. The van der Waals surface area contributed by atoms with E-state index in [9.17, 15) is 19.8 Å². The molecule has 10 atom stereocenters. The van der Waals surface area contributed by atoms with E-state index in [0.29, 0.717) is 32.1 Å². The van der Waals surface area contributed by atoms with Gasteiger partial charge in [-0.3, -0.25) is 9.59 Å². The smallest absolute Gasteiger partial charge is 0.854 e. The standard InChI is InChI=1S/C33H56NO9.Rb/c1-10-28-25(19-35)15-20(2)11-13-27(36)22(4)16-24(18-30(39-8)40-9)32(21(3)12-14-29(37)42-28)43-33-31(38)26(34(6)7)17-23(5)41-33;/h11,13,15,21-26,28,30-33,38H,10,12,14,16-19H2,1-9H3;/q-1;+1/b13-11+,20-15+;/t21-,22+,23?,24+,25+,26?,28+,31?,32+,33?;/m0./s1. The zero-order valence-corrected chi connectivity index (χ0v) is 33.6. The van der Waals surface area contributed by atoms with E-state index in [1.54, 1.807) is 32.4 Å². The summed E-state index contributed by atoms with van der Waals surface area (Å²) in [6.45, 7) is 9.15. The Kier molecular flexibility index (Phi) is 20.3. The molecule has 0 aromatic heterocycles. The molecular formula is C33H56NO9Rb. The number of ether oxygens (including phenoxy) is 5. The molecule has 10 nitrogen and oxygen atoms in total. The zero-order valence-electron chi connectivity index (χ0n) is 28.7. The SMILES string of the molecule is CC[C@H]1OC(=O)CC[C@H](C)[C@@H](OC2OC(C)CC(N(C)C)C2O)[C@@H](CC(OC)OC)C[C@@H](C)C(=O)/C=C/C(C)=C/[C@@H]1C[O-].[Rb+]. The van der Waals surface area contributed by atoms with E-state index in [4.69, 9.17) is 23.7 Å². The Morgan fingerprint density at radius 2 is 1.77 bits per heavy atom. The molecule has 0 amide bonds. The number of rotatable bonds is 9. The van der Waals surface area contributed by atoms with Crippen molar-refractivity contribution in [3.8, 4) is 0 Å². The van der Waals surface area contributed by atoms with Gasteiger partial charge in [0.2, 0.25) is 0 Å². The van der Waals surface area contributed by atoms with Crippen molar-refractivity contribution in [2.24, 2.45) is 23.7 Å². The summed E-state index contributed by atoms with van der Waals surface area (Å²) in [5.74, 6) is -1.67. The second-order valence-electron chi connectivity index (χ2n) is 12.6. The van der Waals surface area contributed by atoms with Crippen LogP contribution in [0.4, 0.5) is 0 Å². The molecule has 0 aromatic carbocycles. The molecule has 44 heavy (non-hydrogen) atoms. The third-order valence-corrected chi connectivity index (χ3v) is 8.90. The molecule has 1 N–H and O–H groups in total. The number of carbonyl (C=O) groups excluding carboxylic acids is 2. The monoisotopic (exact) mass is 695 g/mol. The summed E-state index contributed by atoms with van der Waals surface area (Å²) in [5, 5.41) is 23.3. The second-order valence-corrected chi connectivity index (χ2v) is 12.6. The van der Waals surface area contributed by atoms with Gasteiger partial charge < -0.3 is 38.8 Å². The maximum absolute atomic E-state index is 13.3. The summed E-state index contributed by atoms with van der Waals surface area (Å²) in [6, 6.07) is -0.156. The van der Waals surface area contributed by atoms with E-state index in [0.717, 1.165) is 5.57 Å². The number of aliphatic hydroxyl groups excluding tert-OH is 1. The molecule has 11 heteroatoms. The van der Waals surface area contributed by atoms with Gasteiger partial charge in [0, 0.05) is 39.0 Å². The molecule has 2 rings (SSSR count). The van der Waals surface area contributed by atoms with Gasteiger partial charge in [-0.1, -0.05) is 38.5 Å². The van der Waals surface area contributed by atoms with Crippen molar-refractivity contribution in [3.05, 3.63) is 23.8 Å². The number of hydrogen-bond donors (Lipinski definition) is 1. The van der Waals surface area contributed by atoms with Gasteiger partial charge in [0.1, 0.15) is 12.2 Å². The first-order valence-electron chi connectivity index (χ1n) is 15.7. The number of aliphatic hydroxyl groups is 1. The van der Waals surface area contributed by atoms with Crippen LogP contribution in [0.15, 0.2) is 23.8 Å². The van der Waals surface area contributed by atoms with E-state index in [2.05, 4.69) is 0 Å². The number of carbonyl (C=O) groups is 2. The van der Waals surface area contributed by atoms with Crippen molar-refractivity contribution < 1.29 is 102 Å².